The second-order valence-electron chi connectivity index (χ2n) is 4.45. The fourth-order valence-corrected chi connectivity index (χ4v) is 4.24. The minimum absolute atomic E-state index is 0.304. The van der Waals surface area contributed by atoms with Gasteiger partial charge in [-0.05, 0) is 57.8 Å². The molecule has 0 bridgehead atoms. The van der Waals surface area contributed by atoms with Crippen molar-refractivity contribution in [2.24, 2.45) is 0 Å². The number of thioether (sulfide) groups is 1. The molecule has 23 heavy (non-hydrogen) atoms. The van der Waals surface area contributed by atoms with Crippen LogP contribution in [0, 0.1) is 0 Å². The summed E-state index contributed by atoms with van der Waals surface area (Å²) in [5, 5.41) is 3.04. The van der Waals surface area contributed by atoms with Gasteiger partial charge in [0.1, 0.15) is 0 Å². The zero-order chi connectivity index (χ0) is 16.4. The van der Waals surface area contributed by atoms with Gasteiger partial charge in [-0.25, -0.2) is 0 Å². The molecule has 0 atom stereocenters. The molecule has 1 aromatic heterocycles. The number of rotatable bonds is 3. The van der Waals surface area contributed by atoms with Crippen molar-refractivity contribution in [1.29, 1.82) is 0 Å². The molecule has 0 radical (unpaired) electrons. The highest BCUT2D eigenvalue weighted by molar-refractivity contribution is 9.10. The fraction of sp³-hybridized carbons (Fsp3) is 0. The van der Waals surface area contributed by atoms with Crippen molar-refractivity contribution in [2.75, 3.05) is 0 Å². The molecule has 0 spiro atoms. The maximum Gasteiger partial charge on any atom is 0.285 e. The zero-order valence-electron chi connectivity index (χ0n) is 11.5. The summed E-state index contributed by atoms with van der Waals surface area (Å²) >= 11 is 11.2. The molecule has 0 aliphatic carbocycles. The van der Waals surface area contributed by atoms with Crippen LogP contribution in [-0.2, 0) is 4.79 Å². The lowest BCUT2D eigenvalue weighted by molar-refractivity contribution is -0.123. The molecule has 1 aliphatic heterocycles. The lowest BCUT2D eigenvalue weighted by atomic mass is 10.2. The van der Waals surface area contributed by atoms with Crippen LogP contribution in [0.5, 0.6) is 0 Å². The molecule has 0 saturated carbocycles. The van der Waals surface area contributed by atoms with E-state index < -0.39 is 5.91 Å². The van der Waals surface area contributed by atoms with E-state index >= 15 is 0 Å². The Hall–Kier alpha value is -1.48. The summed E-state index contributed by atoms with van der Waals surface area (Å²) in [5.74, 6) is -0.722. The molecule has 1 saturated heterocycles. The number of halogens is 1. The van der Waals surface area contributed by atoms with Gasteiger partial charge in [0, 0.05) is 9.35 Å². The highest BCUT2D eigenvalue weighted by atomic mass is 79.9. The number of hydrazine groups is 1. The molecule has 116 valence electrons. The number of hydrogen-bond donors (Lipinski definition) is 1. The van der Waals surface area contributed by atoms with E-state index in [-0.39, 0.29) is 5.91 Å². The summed E-state index contributed by atoms with van der Waals surface area (Å²) in [5.41, 5.74) is 2.99. The van der Waals surface area contributed by atoms with Gasteiger partial charge in [-0.2, -0.15) is 5.01 Å². The molecular weight excluding hydrogens is 416 g/mol. The predicted molar refractivity (Wildman–Crippen MR) is 101 cm³/mol. The summed E-state index contributed by atoms with van der Waals surface area (Å²) < 4.78 is 0.954. The smallest absolute Gasteiger partial charge is 0.267 e. The predicted octanol–water partition coefficient (Wildman–Crippen LogP) is 4.06. The van der Waals surface area contributed by atoms with Crippen molar-refractivity contribution in [1.82, 2.24) is 10.4 Å². The number of carbonyl (C=O) groups excluding carboxylic acids is 2. The third-order valence-corrected chi connectivity index (χ3v) is 5.76. The van der Waals surface area contributed by atoms with Crippen LogP contribution in [-0.4, -0.2) is 21.1 Å². The minimum atomic E-state index is -0.397. The van der Waals surface area contributed by atoms with Crippen LogP contribution in [0.3, 0.4) is 0 Å². The molecule has 2 aromatic rings. The number of hydrogen-bond acceptors (Lipinski definition) is 5. The van der Waals surface area contributed by atoms with Gasteiger partial charge in [0.2, 0.25) is 0 Å². The quantitative estimate of drug-likeness (QED) is 0.596. The Bertz CT molecular complexity index is 818. The Kier molecular flexibility index (Phi) is 4.96. The normalized spacial score (nSPS) is 16.2. The van der Waals surface area contributed by atoms with E-state index in [1.54, 1.807) is 24.3 Å². The van der Waals surface area contributed by atoms with E-state index in [2.05, 4.69) is 21.4 Å². The molecule has 1 fully saturated rings. The van der Waals surface area contributed by atoms with E-state index in [0.29, 0.717) is 19.3 Å². The Morgan fingerprint density at radius 3 is 2.74 bits per heavy atom. The van der Waals surface area contributed by atoms with Gasteiger partial charge in [-0.1, -0.05) is 30.0 Å². The van der Waals surface area contributed by atoms with Crippen LogP contribution in [0.1, 0.15) is 15.2 Å². The first-order valence-electron chi connectivity index (χ1n) is 6.43. The average Bonchev–Trinajstić information content (AvgIpc) is 3.12. The van der Waals surface area contributed by atoms with E-state index in [0.717, 1.165) is 9.89 Å². The maximum absolute atomic E-state index is 12.4. The standard InChI is InChI=1S/C15H9BrN2O2S3/c16-11-6-2-1-5-10(11)13(19)17-18-14(20)12(23-15(18)21)8-9-4-3-7-22-9/h1-8H,(H,17,19). The minimum Gasteiger partial charge on any atom is -0.267 e. The number of thiophene rings is 1. The van der Waals surface area contributed by atoms with Gasteiger partial charge < -0.3 is 0 Å². The molecule has 1 N–H and O–H groups in total. The lowest BCUT2D eigenvalue weighted by Crippen LogP contribution is -2.44. The number of benzene rings is 1. The summed E-state index contributed by atoms with van der Waals surface area (Å²) in [6, 6.07) is 10.8. The van der Waals surface area contributed by atoms with Crippen LogP contribution in [0.25, 0.3) is 6.08 Å². The third-order valence-electron chi connectivity index (χ3n) is 2.94. The second-order valence-corrected chi connectivity index (χ2v) is 7.96. The SMILES string of the molecule is O=C(NN1C(=O)C(=Cc2cccs2)SC1=S)c1ccccc1Br. The van der Waals surface area contributed by atoms with Gasteiger partial charge >= 0.3 is 0 Å². The van der Waals surface area contributed by atoms with Crippen molar-refractivity contribution in [3.63, 3.8) is 0 Å². The van der Waals surface area contributed by atoms with Crippen molar-refractivity contribution >= 4 is 73.5 Å². The molecule has 1 aromatic carbocycles. The lowest BCUT2D eigenvalue weighted by Gasteiger charge is -2.16. The average molecular weight is 425 g/mol. The van der Waals surface area contributed by atoms with Crippen molar-refractivity contribution in [3.05, 3.63) is 61.6 Å². The van der Waals surface area contributed by atoms with Gasteiger partial charge in [-0.3, -0.25) is 15.0 Å². The van der Waals surface area contributed by atoms with E-state index in [1.165, 1.54) is 23.1 Å². The molecule has 1 aliphatic rings. The molecule has 8 heteroatoms. The van der Waals surface area contributed by atoms with E-state index in [9.17, 15) is 9.59 Å². The molecule has 2 heterocycles. The fourth-order valence-electron chi connectivity index (χ4n) is 1.87. The Morgan fingerprint density at radius 1 is 1.26 bits per heavy atom. The summed E-state index contributed by atoms with van der Waals surface area (Å²) in [6.07, 6.45) is 1.77. The van der Waals surface area contributed by atoms with Gasteiger partial charge in [0.25, 0.3) is 11.8 Å². The second kappa shape index (κ2) is 6.96. The van der Waals surface area contributed by atoms with Crippen LogP contribution in [0.15, 0.2) is 51.2 Å². The van der Waals surface area contributed by atoms with Crippen molar-refractivity contribution < 1.29 is 9.59 Å². The number of nitrogens with one attached hydrogen (secondary N) is 1. The molecule has 3 rings (SSSR count). The van der Waals surface area contributed by atoms with Crippen molar-refractivity contribution in [2.45, 2.75) is 0 Å². The van der Waals surface area contributed by atoms with E-state index in [1.807, 2.05) is 23.6 Å². The first kappa shape index (κ1) is 16.4. The van der Waals surface area contributed by atoms with Gasteiger partial charge in [0.15, 0.2) is 4.32 Å². The summed E-state index contributed by atoms with van der Waals surface area (Å²) in [6.45, 7) is 0. The molecular formula is C15H9BrN2O2S3. The monoisotopic (exact) mass is 424 g/mol. The van der Waals surface area contributed by atoms with Gasteiger partial charge in [0.05, 0.1) is 10.5 Å². The largest absolute Gasteiger partial charge is 0.285 e. The molecule has 4 nitrogen and oxygen atoms in total. The summed E-state index contributed by atoms with van der Waals surface area (Å²) in [4.78, 5) is 26.2. The topological polar surface area (TPSA) is 49.4 Å². The Morgan fingerprint density at radius 2 is 2.04 bits per heavy atom. The maximum atomic E-state index is 12.4. The molecule has 2 amide bonds. The van der Waals surface area contributed by atoms with Crippen LogP contribution in [0.4, 0.5) is 0 Å². The third kappa shape index (κ3) is 3.55. The number of amides is 2. The number of nitrogens with zero attached hydrogens (tertiary/aromatic N) is 1. The Balaban J connectivity index is 1.79. The van der Waals surface area contributed by atoms with Crippen LogP contribution >= 0.6 is 51.2 Å². The summed E-state index contributed by atoms with van der Waals surface area (Å²) in [7, 11) is 0. The highest BCUT2D eigenvalue weighted by Crippen LogP contribution is 2.32. The zero-order valence-corrected chi connectivity index (χ0v) is 15.5. The van der Waals surface area contributed by atoms with E-state index in [4.69, 9.17) is 12.2 Å². The molecule has 0 unspecified atom stereocenters. The van der Waals surface area contributed by atoms with Crippen molar-refractivity contribution in [3.8, 4) is 0 Å². The van der Waals surface area contributed by atoms with Crippen LogP contribution < -0.4 is 5.43 Å². The highest BCUT2D eigenvalue weighted by Gasteiger charge is 2.34. The first-order chi connectivity index (χ1) is 11.1. The Labute approximate surface area is 154 Å². The van der Waals surface area contributed by atoms with Gasteiger partial charge in [-0.15, -0.1) is 11.3 Å². The van der Waals surface area contributed by atoms with Crippen LogP contribution in [0.2, 0.25) is 0 Å². The first-order valence-corrected chi connectivity index (χ1v) is 9.33. The number of thiocarbonyl (C=S) groups is 1. The number of carbonyl (C=O) groups is 2.